The Bertz CT molecular complexity index is 626. The molecule has 0 aliphatic carbocycles. The van der Waals surface area contributed by atoms with Crippen molar-refractivity contribution in [2.75, 3.05) is 20.2 Å². The van der Waals surface area contributed by atoms with Gasteiger partial charge in [-0.2, -0.15) is 4.31 Å². The lowest BCUT2D eigenvalue weighted by molar-refractivity contribution is -0.141. The molecule has 7 heteroatoms. The van der Waals surface area contributed by atoms with Crippen molar-refractivity contribution in [1.82, 2.24) is 4.31 Å². The highest BCUT2D eigenvalue weighted by atomic mass is 32.2. The molecule has 0 amide bonds. The number of rotatable bonds is 4. The Morgan fingerprint density at radius 3 is 2.70 bits per heavy atom. The predicted octanol–water partition coefficient (Wildman–Crippen LogP) is 1.10. The molecule has 0 saturated carbocycles. The summed E-state index contributed by atoms with van der Waals surface area (Å²) in [7, 11) is -2.31. The number of carbonyl (C=O) groups is 1. The first-order chi connectivity index (χ1) is 9.36. The third kappa shape index (κ3) is 2.64. The van der Waals surface area contributed by atoms with Gasteiger partial charge in [0.15, 0.2) is 0 Å². The Morgan fingerprint density at radius 1 is 1.45 bits per heavy atom. The van der Waals surface area contributed by atoms with Crippen molar-refractivity contribution in [3.05, 3.63) is 23.8 Å². The molecule has 0 bridgehead atoms. The second-order valence-electron chi connectivity index (χ2n) is 4.84. The number of ether oxygens (including phenoxy) is 1. The molecular formula is C13H17NO5S. The van der Waals surface area contributed by atoms with Crippen molar-refractivity contribution in [3.63, 3.8) is 0 Å². The Kier molecular flexibility index (Phi) is 4.01. The number of sulfonamides is 1. The molecular weight excluding hydrogens is 282 g/mol. The number of aliphatic carboxylic acids is 1. The molecule has 1 heterocycles. The van der Waals surface area contributed by atoms with E-state index < -0.39 is 21.9 Å². The molecule has 1 fully saturated rings. The lowest BCUT2D eigenvalue weighted by Gasteiger charge is -2.18. The lowest BCUT2D eigenvalue weighted by atomic mass is 10.1. The number of benzene rings is 1. The van der Waals surface area contributed by atoms with E-state index in [1.54, 1.807) is 25.1 Å². The molecule has 1 aromatic carbocycles. The summed E-state index contributed by atoms with van der Waals surface area (Å²) in [6.45, 7) is 2.02. The minimum atomic E-state index is -3.73. The molecule has 0 radical (unpaired) electrons. The van der Waals surface area contributed by atoms with Crippen LogP contribution in [0.15, 0.2) is 23.1 Å². The lowest BCUT2D eigenvalue weighted by Crippen LogP contribution is -2.30. The molecule has 0 spiro atoms. The fourth-order valence-corrected chi connectivity index (χ4v) is 4.01. The minimum Gasteiger partial charge on any atom is -0.495 e. The first kappa shape index (κ1) is 14.8. The molecule has 110 valence electrons. The highest BCUT2D eigenvalue weighted by Gasteiger charge is 2.37. The van der Waals surface area contributed by atoms with Crippen LogP contribution in [0.25, 0.3) is 0 Å². The summed E-state index contributed by atoms with van der Waals surface area (Å²) in [6.07, 6.45) is 0.336. The largest absolute Gasteiger partial charge is 0.495 e. The number of aryl methyl sites for hydroxylation is 1. The first-order valence-electron chi connectivity index (χ1n) is 6.24. The molecule has 1 aromatic rings. The summed E-state index contributed by atoms with van der Waals surface area (Å²) in [6, 6.07) is 4.91. The Labute approximate surface area is 118 Å². The Morgan fingerprint density at radius 2 is 2.15 bits per heavy atom. The molecule has 1 N–H and O–H groups in total. The maximum absolute atomic E-state index is 12.6. The second-order valence-corrected chi connectivity index (χ2v) is 6.75. The van der Waals surface area contributed by atoms with Crippen molar-refractivity contribution in [2.45, 2.75) is 18.2 Å². The average molecular weight is 299 g/mol. The fraction of sp³-hybridized carbons (Fsp3) is 0.462. The van der Waals surface area contributed by atoms with Gasteiger partial charge in [-0.3, -0.25) is 4.79 Å². The van der Waals surface area contributed by atoms with Gasteiger partial charge in [-0.15, -0.1) is 0 Å². The van der Waals surface area contributed by atoms with E-state index in [0.29, 0.717) is 6.42 Å². The monoisotopic (exact) mass is 299 g/mol. The van der Waals surface area contributed by atoms with Gasteiger partial charge in [0.25, 0.3) is 0 Å². The maximum atomic E-state index is 12.6. The molecule has 1 unspecified atom stereocenters. The van der Waals surface area contributed by atoms with E-state index in [1.807, 2.05) is 0 Å². The van der Waals surface area contributed by atoms with Crippen molar-refractivity contribution in [3.8, 4) is 5.75 Å². The summed E-state index contributed by atoms with van der Waals surface area (Å²) in [5, 5.41) is 8.97. The third-order valence-corrected chi connectivity index (χ3v) is 5.32. The van der Waals surface area contributed by atoms with Gasteiger partial charge in [0, 0.05) is 13.1 Å². The van der Waals surface area contributed by atoms with Gasteiger partial charge in [-0.25, -0.2) is 8.42 Å². The molecule has 1 aliphatic rings. The Balaban J connectivity index is 2.36. The summed E-state index contributed by atoms with van der Waals surface area (Å²) in [5.74, 6) is -1.33. The van der Waals surface area contributed by atoms with Gasteiger partial charge >= 0.3 is 5.97 Å². The predicted molar refractivity (Wildman–Crippen MR) is 72.2 cm³/mol. The minimum absolute atomic E-state index is 0.00869. The molecule has 1 aliphatic heterocycles. The van der Waals surface area contributed by atoms with E-state index in [2.05, 4.69) is 0 Å². The van der Waals surface area contributed by atoms with E-state index in [1.165, 1.54) is 11.4 Å². The van der Waals surface area contributed by atoms with E-state index in [-0.39, 0.29) is 23.7 Å². The first-order valence-corrected chi connectivity index (χ1v) is 7.68. The van der Waals surface area contributed by atoms with Crippen LogP contribution in [0.4, 0.5) is 0 Å². The average Bonchev–Trinajstić information content (AvgIpc) is 2.89. The molecule has 6 nitrogen and oxygen atoms in total. The smallest absolute Gasteiger partial charge is 0.307 e. The van der Waals surface area contributed by atoms with Crippen molar-refractivity contribution < 1.29 is 23.1 Å². The van der Waals surface area contributed by atoms with E-state index in [0.717, 1.165) is 5.56 Å². The van der Waals surface area contributed by atoms with Crippen LogP contribution in [0, 0.1) is 12.8 Å². The second kappa shape index (κ2) is 5.41. The summed E-state index contributed by atoms with van der Waals surface area (Å²) in [4.78, 5) is 11.0. The van der Waals surface area contributed by atoms with E-state index in [4.69, 9.17) is 9.84 Å². The topological polar surface area (TPSA) is 83.9 Å². The standard InChI is InChI=1S/C13H17NO5S/c1-9-3-4-11(19-2)12(7-9)20(17,18)14-6-5-10(8-14)13(15)16/h3-4,7,10H,5-6,8H2,1-2H3,(H,15,16). The van der Waals surface area contributed by atoms with Gasteiger partial charge < -0.3 is 9.84 Å². The van der Waals surface area contributed by atoms with Crippen LogP contribution in [-0.2, 0) is 14.8 Å². The Hall–Kier alpha value is -1.60. The van der Waals surface area contributed by atoms with Gasteiger partial charge in [0.1, 0.15) is 10.6 Å². The van der Waals surface area contributed by atoms with Gasteiger partial charge in [-0.05, 0) is 31.0 Å². The number of carboxylic acids is 1. The van der Waals surface area contributed by atoms with Crippen LogP contribution in [-0.4, -0.2) is 44.0 Å². The summed E-state index contributed by atoms with van der Waals surface area (Å²) in [5.41, 5.74) is 0.804. The van der Waals surface area contributed by atoms with Gasteiger partial charge in [0.2, 0.25) is 10.0 Å². The molecule has 0 aromatic heterocycles. The fourth-order valence-electron chi connectivity index (χ4n) is 2.27. The van der Waals surface area contributed by atoms with E-state index in [9.17, 15) is 13.2 Å². The number of nitrogens with zero attached hydrogens (tertiary/aromatic N) is 1. The van der Waals surface area contributed by atoms with Crippen LogP contribution >= 0.6 is 0 Å². The van der Waals surface area contributed by atoms with Gasteiger partial charge in [-0.1, -0.05) is 6.07 Å². The summed E-state index contributed by atoms with van der Waals surface area (Å²) < 4.78 is 31.5. The van der Waals surface area contributed by atoms with Crippen LogP contribution in [0.5, 0.6) is 5.75 Å². The number of carboxylic acid groups (broad SMARTS) is 1. The highest BCUT2D eigenvalue weighted by molar-refractivity contribution is 7.89. The van der Waals surface area contributed by atoms with Crippen molar-refractivity contribution in [1.29, 1.82) is 0 Å². The quantitative estimate of drug-likeness (QED) is 0.900. The maximum Gasteiger partial charge on any atom is 0.307 e. The zero-order valence-electron chi connectivity index (χ0n) is 11.4. The molecule has 20 heavy (non-hydrogen) atoms. The SMILES string of the molecule is COc1ccc(C)cc1S(=O)(=O)N1CCC(C(=O)O)C1. The normalized spacial score (nSPS) is 20.0. The number of methoxy groups -OCH3 is 1. The summed E-state index contributed by atoms with van der Waals surface area (Å²) >= 11 is 0. The van der Waals surface area contributed by atoms with E-state index >= 15 is 0 Å². The van der Waals surface area contributed by atoms with Crippen LogP contribution in [0.1, 0.15) is 12.0 Å². The number of hydrogen-bond acceptors (Lipinski definition) is 4. The van der Waals surface area contributed by atoms with Crippen LogP contribution in [0.2, 0.25) is 0 Å². The molecule has 1 atom stereocenters. The highest BCUT2D eigenvalue weighted by Crippen LogP contribution is 2.31. The van der Waals surface area contributed by atoms with Crippen LogP contribution < -0.4 is 4.74 Å². The van der Waals surface area contributed by atoms with Crippen molar-refractivity contribution in [2.24, 2.45) is 5.92 Å². The molecule has 2 rings (SSSR count). The number of hydrogen-bond donors (Lipinski definition) is 1. The molecule has 1 saturated heterocycles. The zero-order chi connectivity index (χ0) is 14.9. The van der Waals surface area contributed by atoms with Crippen molar-refractivity contribution >= 4 is 16.0 Å². The zero-order valence-corrected chi connectivity index (χ0v) is 12.2. The van der Waals surface area contributed by atoms with Crippen LogP contribution in [0.3, 0.4) is 0 Å². The third-order valence-electron chi connectivity index (χ3n) is 3.44. The van der Waals surface area contributed by atoms with Gasteiger partial charge in [0.05, 0.1) is 13.0 Å².